The number of hydrogen-bond acceptors (Lipinski definition) is 4. The molecule has 1 aromatic carbocycles. The van der Waals surface area contributed by atoms with Crippen molar-refractivity contribution >= 4 is 17.5 Å². The topological polar surface area (TPSA) is 79.6 Å². The van der Waals surface area contributed by atoms with Gasteiger partial charge in [-0.25, -0.2) is 4.99 Å². The number of hydrogen-bond donors (Lipinski definition) is 1. The predicted octanol–water partition coefficient (Wildman–Crippen LogP) is 6.59. The van der Waals surface area contributed by atoms with Gasteiger partial charge in [0.1, 0.15) is 0 Å². The molecule has 0 aliphatic heterocycles. The average molecular weight is 572 g/mol. The van der Waals surface area contributed by atoms with Gasteiger partial charge < -0.3 is 10.2 Å². The predicted molar refractivity (Wildman–Crippen MR) is 152 cm³/mol. The van der Waals surface area contributed by atoms with Gasteiger partial charge >= 0.3 is 6.18 Å². The normalized spacial score (nSPS) is 19.2. The second-order valence-corrected chi connectivity index (χ2v) is 11.9. The first-order chi connectivity index (χ1) is 19.7. The number of nitrogens with one attached hydrogen (secondary N) is 1. The van der Waals surface area contributed by atoms with Gasteiger partial charge in [-0.1, -0.05) is 43.9 Å². The number of benzene rings is 1. The Morgan fingerprint density at radius 1 is 1.02 bits per heavy atom. The van der Waals surface area contributed by atoms with Gasteiger partial charge in [-0.15, -0.1) is 0 Å². The zero-order valence-electron chi connectivity index (χ0n) is 23.8. The van der Waals surface area contributed by atoms with Crippen molar-refractivity contribution in [2.45, 2.75) is 108 Å². The highest BCUT2D eigenvalue weighted by Crippen LogP contribution is 2.40. The fraction of sp³-hybridized carbons (Fsp3) is 0.613. The van der Waals surface area contributed by atoms with Crippen molar-refractivity contribution in [3.05, 3.63) is 41.6 Å². The maximum absolute atomic E-state index is 13.9. The Kier molecular flexibility index (Phi) is 9.26. The summed E-state index contributed by atoms with van der Waals surface area (Å²) < 4.78 is 43.4. The molecule has 10 heteroatoms. The summed E-state index contributed by atoms with van der Waals surface area (Å²) in [4.78, 5) is 32.9. The lowest BCUT2D eigenvalue weighted by Gasteiger charge is -2.27. The average Bonchev–Trinajstić information content (AvgIpc) is 3.70. The molecular formula is C31H40F3N5O2. The fourth-order valence-electron chi connectivity index (χ4n) is 6.32. The maximum Gasteiger partial charge on any atom is 0.417 e. The number of carbonyl (C=O) groups excluding carboxylic acids is 2. The Morgan fingerprint density at radius 2 is 1.71 bits per heavy atom. The Labute approximate surface area is 239 Å². The van der Waals surface area contributed by atoms with E-state index in [0.717, 1.165) is 63.9 Å². The first-order valence-corrected chi connectivity index (χ1v) is 15.1. The quantitative estimate of drug-likeness (QED) is 0.327. The molecule has 1 N–H and O–H groups in total. The highest BCUT2D eigenvalue weighted by molar-refractivity contribution is 6.09. The number of alkyl halides is 3. The van der Waals surface area contributed by atoms with Crippen LogP contribution in [0.5, 0.6) is 0 Å². The van der Waals surface area contributed by atoms with Crippen molar-refractivity contribution in [3.8, 4) is 11.3 Å². The summed E-state index contributed by atoms with van der Waals surface area (Å²) in [6.07, 6.45) is 7.17. The molecule has 3 aliphatic rings. The molecule has 0 atom stereocenters. The molecule has 5 rings (SSSR count). The summed E-state index contributed by atoms with van der Waals surface area (Å²) in [6, 6.07) is 7.44. The molecule has 0 unspecified atom stereocenters. The molecule has 0 spiro atoms. The number of rotatable bonds is 10. The Hall–Kier alpha value is -3.01. The van der Waals surface area contributed by atoms with Gasteiger partial charge in [-0.3, -0.25) is 14.3 Å². The van der Waals surface area contributed by atoms with Gasteiger partial charge in [-0.2, -0.15) is 18.3 Å². The zero-order valence-corrected chi connectivity index (χ0v) is 23.8. The summed E-state index contributed by atoms with van der Waals surface area (Å²) in [5, 5.41) is 7.56. The first kappa shape index (κ1) is 29.5. The number of nitrogens with zero attached hydrogens (tertiary/aromatic N) is 4. The van der Waals surface area contributed by atoms with Crippen LogP contribution in [0.15, 0.2) is 35.3 Å². The van der Waals surface area contributed by atoms with Crippen LogP contribution in [-0.4, -0.2) is 57.9 Å². The van der Waals surface area contributed by atoms with E-state index in [2.05, 4.69) is 27.4 Å². The van der Waals surface area contributed by atoms with E-state index in [1.807, 2.05) is 0 Å². The van der Waals surface area contributed by atoms with E-state index in [-0.39, 0.29) is 41.4 Å². The lowest BCUT2D eigenvalue weighted by Crippen LogP contribution is -2.40. The molecule has 0 saturated heterocycles. The minimum Gasteiger partial charge on any atom is -0.353 e. The Bertz CT molecular complexity index is 1250. The van der Waals surface area contributed by atoms with Crippen molar-refractivity contribution in [1.82, 2.24) is 20.0 Å². The Morgan fingerprint density at radius 3 is 2.37 bits per heavy atom. The largest absolute Gasteiger partial charge is 0.417 e. The van der Waals surface area contributed by atoms with E-state index < -0.39 is 17.6 Å². The minimum absolute atomic E-state index is 0.000665. The number of amides is 2. The van der Waals surface area contributed by atoms with Gasteiger partial charge in [0.25, 0.3) is 5.91 Å². The SMILES string of the molecule is CN(CCC(CC(=O)NC1CCC1)=NC(=O)c1cc(-c2ccccc2C(F)(F)F)n(C2CCCC2)n1)C1CCCC1. The van der Waals surface area contributed by atoms with Crippen LogP contribution < -0.4 is 5.32 Å². The van der Waals surface area contributed by atoms with E-state index in [1.54, 1.807) is 10.7 Å². The van der Waals surface area contributed by atoms with Crippen molar-refractivity contribution in [3.63, 3.8) is 0 Å². The molecule has 1 heterocycles. The molecule has 222 valence electrons. The molecular weight excluding hydrogens is 531 g/mol. The van der Waals surface area contributed by atoms with Crippen LogP contribution in [-0.2, 0) is 11.0 Å². The summed E-state index contributed by atoms with van der Waals surface area (Å²) >= 11 is 0. The molecule has 2 amide bonds. The molecule has 3 saturated carbocycles. The third-order valence-corrected chi connectivity index (χ3v) is 8.93. The van der Waals surface area contributed by atoms with Gasteiger partial charge in [0.2, 0.25) is 5.91 Å². The molecule has 0 bridgehead atoms. The summed E-state index contributed by atoms with van der Waals surface area (Å²) in [5.74, 6) is -0.775. The minimum atomic E-state index is -4.55. The molecule has 1 aromatic heterocycles. The third kappa shape index (κ3) is 7.26. The van der Waals surface area contributed by atoms with Crippen LogP contribution in [0.3, 0.4) is 0 Å². The van der Waals surface area contributed by atoms with Crippen molar-refractivity contribution in [1.29, 1.82) is 0 Å². The van der Waals surface area contributed by atoms with E-state index in [1.165, 1.54) is 31.0 Å². The lowest BCUT2D eigenvalue weighted by molar-refractivity contribution is -0.137. The van der Waals surface area contributed by atoms with Crippen LogP contribution in [0.2, 0.25) is 0 Å². The van der Waals surface area contributed by atoms with E-state index in [0.29, 0.717) is 24.7 Å². The molecule has 41 heavy (non-hydrogen) atoms. The molecule has 7 nitrogen and oxygen atoms in total. The van der Waals surface area contributed by atoms with Gasteiger partial charge in [-0.05, 0) is 70.5 Å². The summed E-state index contributed by atoms with van der Waals surface area (Å²) in [5.41, 5.74) is -0.00598. The molecule has 3 aliphatic carbocycles. The van der Waals surface area contributed by atoms with E-state index in [9.17, 15) is 22.8 Å². The molecule has 0 radical (unpaired) electrons. The number of aromatic nitrogens is 2. The van der Waals surface area contributed by atoms with Crippen LogP contribution in [0, 0.1) is 0 Å². The van der Waals surface area contributed by atoms with Crippen molar-refractivity contribution in [2.24, 2.45) is 4.99 Å². The Balaban J connectivity index is 1.42. The standard InChI is InChI=1S/C31H40F3N5O2/c1-38(23-11-2-3-12-23)18-17-22(19-29(40)35-21-9-8-10-21)36-30(41)27-20-28(39(37-27)24-13-4-5-14-24)25-15-6-7-16-26(25)31(32,33)34/h6-7,15-16,20-21,23-24H,2-5,8-14,17-19H2,1H3,(H,35,40). The summed E-state index contributed by atoms with van der Waals surface area (Å²) in [6.45, 7) is 0.675. The molecule has 3 fully saturated rings. The summed E-state index contributed by atoms with van der Waals surface area (Å²) in [7, 11) is 2.07. The molecule has 2 aromatic rings. The lowest BCUT2D eigenvalue weighted by atomic mass is 9.93. The fourth-order valence-corrected chi connectivity index (χ4v) is 6.32. The first-order valence-electron chi connectivity index (χ1n) is 15.1. The highest BCUT2D eigenvalue weighted by Gasteiger charge is 2.35. The van der Waals surface area contributed by atoms with E-state index in [4.69, 9.17) is 0 Å². The maximum atomic E-state index is 13.9. The third-order valence-electron chi connectivity index (χ3n) is 8.93. The second-order valence-electron chi connectivity index (χ2n) is 11.9. The van der Waals surface area contributed by atoms with Crippen LogP contribution in [0.4, 0.5) is 13.2 Å². The van der Waals surface area contributed by atoms with Crippen LogP contribution >= 0.6 is 0 Å². The number of aliphatic imine (C=N–C) groups is 1. The monoisotopic (exact) mass is 571 g/mol. The number of carbonyl (C=O) groups is 2. The van der Waals surface area contributed by atoms with Crippen molar-refractivity contribution in [2.75, 3.05) is 13.6 Å². The zero-order chi connectivity index (χ0) is 29.0. The van der Waals surface area contributed by atoms with Gasteiger partial charge in [0, 0.05) is 29.9 Å². The van der Waals surface area contributed by atoms with Crippen LogP contribution in [0.25, 0.3) is 11.3 Å². The van der Waals surface area contributed by atoms with Crippen LogP contribution in [0.1, 0.15) is 106 Å². The van der Waals surface area contributed by atoms with Gasteiger partial charge in [0.15, 0.2) is 5.69 Å². The highest BCUT2D eigenvalue weighted by atomic mass is 19.4. The van der Waals surface area contributed by atoms with Gasteiger partial charge in [0.05, 0.1) is 23.7 Å². The second kappa shape index (κ2) is 12.9. The number of halogens is 3. The smallest absolute Gasteiger partial charge is 0.353 e. The van der Waals surface area contributed by atoms with E-state index >= 15 is 0 Å². The van der Waals surface area contributed by atoms with Crippen molar-refractivity contribution < 1.29 is 22.8 Å².